The second-order valence-electron chi connectivity index (χ2n) is 10.1. The van der Waals surface area contributed by atoms with Crippen molar-refractivity contribution in [3.63, 3.8) is 0 Å². The summed E-state index contributed by atoms with van der Waals surface area (Å²) in [5, 5.41) is 14.7. The normalized spacial score (nSPS) is 29.7. The molecule has 9 nitrogen and oxygen atoms in total. The van der Waals surface area contributed by atoms with Gasteiger partial charge in [-0.15, -0.1) is 0 Å². The number of ether oxygens (including phenoxy) is 1. The van der Waals surface area contributed by atoms with Gasteiger partial charge in [0.2, 0.25) is 0 Å². The number of amides is 4. The topological polar surface area (TPSA) is 129 Å². The van der Waals surface area contributed by atoms with Gasteiger partial charge in [0.1, 0.15) is 17.6 Å². The predicted octanol–water partition coefficient (Wildman–Crippen LogP) is 1.47. The SMILES string of the molecule is C[C@H]1CC(C)(C)C[C@]2(C1)NC(=O)N(CC(=O)OCC(=O)N[C@@](C)(C#N)C1CC1)C2=O. The first-order chi connectivity index (χ1) is 13.9. The van der Waals surface area contributed by atoms with Crippen LogP contribution in [0, 0.1) is 28.6 Å². The van der Waals surface area contributed by atoms with E-state index in [2.05, 4.69) is 30.6 Å². The van der Waals surface area contributed by atoms with Gasteiger partial charge in [0.15, 0.2) is 6.61 Å². The van der Waals surface area contributed by atoms with Crippen LogP contribution in [0.1, 0.15) is 59.8 Å². The molecule has 1 spiro atoms. The zero-order valence-corrected chi connectivity index (χ0v) is 18.0. The molecule has 0 aromatic rings. The van der Waals surface area contributed by atoms with Gasteiger partial charge in [-0.25, -0.2) is 4.79 Å². The highest BCUT2D eigenvalue weighted by Crippen LogP contribution is 2.46. The zero-order chi connectivity index (χ0) is 22.3. The van der Waals surface area contributed by atoms with E-state index in [1.165, 1.54) is 0 Å². The van der Waals surface area contributed by atoms with E-state index in [1.54, 1.807) is 6.92 Å². The van der Waals surface area contributed by atoms with Gasteiger partial charge >= 0.3 is 12.0 Å². The minimum Gasteiger partial charge on any atom is -0.454 e. The third-order valence-corrected chi connectivity index (χ3v) is 6.30. The van der Waals surface area contributed by atoms with Crippen molar-refractivity contribution in [2.75, 3.05) is 13.2 Å². The second kappa shape index (κ2) is 7.56. The highest BCUT2D eigenvalue weighted by molar-refractivity contribution is 6.08. The number of nitrogens with one attached hydrogen (secondary N) is 2. The van der Waals surface area contributed by atoms with Gasteiger partial charge < -0.3 is 15.4 Å². The van der Waals surface area contributed by atoms with Crippen LogP contribution in [0.25, 0.3) is 0 Å². The molecule has 0 aromatic carbocycles. The maximum atomic E-state index is 13.0. The molecule has 0 radical (unpaired) electrons. The van der Waals surface area contributed by atoms with Gasteiger partial charge in [-0.3, -0.25) is 19.3 Å². The molecular formula is C21H30N4O5. The molecule has 0 unspecified atom stereocenters. The summed E-state index contributed by atoms with van der Waals surface area (Å²) in [6, 6.07) is 1.48. The van der Waals surface area contributed by atoms with E-state index in [1.807, 2.05) is 6.92 Å². The van der Waals surface area contributed by atoms with E-state index in [0.717, 1.165) is 24.2 Å². The summed E-state index contributed by atoms with van der Waals surface area (Å²) < 4.78 is 4.96. The van der Waals surface area contributed by atoms with Gasteiger partial charge in [-0.2, -0.15) is 5.26 Å². The van der Waals surface area contributed by atoms with Gasteiger partial charge in [-0.05, 0) is 56.3 Å². The summed E-state index contributed by atoms with van der Waals surface area (Å²) >= 11 is 0. The molecule has 0 bridgehead atoms. The van der Waals surface area contributed by atoms with Crippen LogP contribution < -0.4 is 10.6 Å². The Morgan fingerprint density at radius 3 is 2.57 bits per heavy atom. The van der Waals surface area contributed by atoms with Crippen LogP contribution in [-0.4, -0.2) is 52.9 Å². The Kier molecular flexibility index (Phi) is 5.56. The van der Waals surface area contributed by atoms with Gasteiger partial charge in [0.05, 0.1) is 6.07 Å². The standard InChI is InChI=1S/C21H30N4O5/c1-13-7-19(2,3)11-21(8-13)17(28)25(18(29)24-21)9-16(27)30-10-15(26)23-20(4,12-22)14-5-6-14/h13-14H,5-11H2,1-4H3,(H,23,26)(H,24,29)/t13-,20-,21-/m0/s1. The van der Waals surface area contributed by atoms with Crippen molar-refractivity contribution in [1.82, 2.24) is 15.5 Å². The van der Waals surface area contributed by atoms with Crippen LogP contribution in [0.2, 0.25) is 0 Å². The Balaban J connectivity index is 1.55. The lowest BCUT2D eigenvalue weighted by Gasteiger charge is -2.43. The van der Waals surface area contributed by atoms with Crippen LogP contribution in [0.5, 0.6) is 0 Å². The van der Waals surface area contributed by atoms with Crippen LogP contribution in [0.4, 0.5) is 4.79 Å². The maximum Gasteiger partial charge on any atom is 0.326 e. The number of esters is 1. The molecule has 1 saturated heterocycles. The number of hydrogen-bond acceptors (Lipinski definition) is 6. The quantitative estimate of drug-likeness (QED) is 0.496. The Morgan fingerprint density at radius 1 is 1.33 bits per heavy atom. The highest BCUT2D eigenvalue weighted by Gasteiger charge is 2.56. The molecule has 164 valence electrons. The average molecular weight is 418 g/mol. The van der Waals surface area contributed by atoms with Crippen LogP contribution >= 0.6 is 0 Å². The maximum absolute atomic E-state index is 13.0. The largest absolute Gasteiger partial charge is 0.454 e. The van der Waals surface area contributed by atoms with E-state index >= 15 is 0 Å². The summed E-state index contributed by atoms with van der Waals surface area (Å²) in [6.45, 7) is 6.71. The Bertz CT molecular complexity index is 815. The molecular weight excluding hydrogens is 388 g/mol. The van der Waals surface area contributed by atoms with E-state index in [0.29, 0.717) is 12.8 Å². The van der Waals surface area contributed by atoms with Gasteiger partial charge in [0.25, 0.3) is 11.8 Å². The smallest absolute Gasteiger partial charge is 0.326 e. The number of imide groups is 1. The van der Waals surface area contributed by atoms with E-state index in [-0.39, 0.29) is 17.3 Å². The lowest BCUT2D eigenvalue weighted by Crippen LogP contribution is -2.54. The molecule has 2 aliphatic carbocycles. The number of carbonyl (C=O) groups excluding carboxylic acids is 4. The third kappa shape index (κ3) is 4.42. The third-order valence-electron chi connectivity index (χ3n) is 6.30. The highest BCUT2D eigenvalue weighted by atomic mass is 16.5. The fourth-order valence-electron chi connectivity index (χ4n) is 5.18. The van der Waals surface area contributed by atoms with Gasteiger partial charge in [0, 0.05) is 0 Å². The first-order valence-corrected chi connectivity index (χ1v) is 10.4. The average Bonchev–Trinajstić information content (AvgIpc) is 3.44. The lowest BCUT2D eigenvalue weighted by molar-refractivity contribution is -0.151. The Hall–Kier alpha value is -2.63. The molecule has 9 heteroatoms. The monoisotopic (exact) mass is 418 g/mol. The summed E-state index contributed by atoms with van der Waals surface area (Å²) in [6.07, 6.45) is 3.73. The van der Waals surface area contributed by atoms with Gasteiger partial charge in [-0.1, -0.05) is 20.8 Å². The van der Waals surface area contributed by atoms with Crippen LogP contribution in [0.3, 0.4) is 0 Å². The molecule has 1 heterocycles. The Morgan fingerprint density at radius 2 is 2.00 bits per heavy atom. The molecule has 3 aliphatic rings. The number of urea groups is 1. The predicted molar refractivity (Wildman–Crippen MR) is 106 cm³/mol. The van der Waals surface area contributed by atoms with Crippen molar-refractivity contribution in [3.8, 4) is 6.07 Å². The summed E-state index contributed by atoms with van der Waals surface area (Å²) in [7, 11) is 0. The van der Waals surface area contributed by atoms with E-state index in [9.17, 15) is 24.4 Å². The number of nitrogens with zero attached hydrogens (tertiary/aromatic N) is 2. The van der Waals surface area contributed by atoms with Crippen molar-refractivity contribution in [1.29, 1.82) is 5.26 Å². The molecule has 4 amide bonds. The minimum absolute atomic E-state index is 0.103. The van der Waals surface area contributed by atoms with Crippen molar-refractivity contribution in [3.05, 3.63) is 0 Å². The first kappa shape index (κ1) is 22.1. The molecule has 2 N–H and O–H groups in total. The lowest BCUT2D eigenvalue weighted by atomic mass is 9.64. The molecule has 1 aliphatic heterocycles. The number of nitriles is 1. The van der Waals surface area contributed by atoms with Crippen molar-refractivity contribution in [2.45, 2.75) is 70.9 Å². The Labute approximate surface area is 176 Å². The van der Waals surface area contributed by atoms with Crippen molar-refractivity contribution < 1.29 is 23.9 Å². The first-order valence-electron chi connectivity index (χ1n) is 10.4. The number of hydrogen-bond donors (Lipinski definition) is 2. The van der Waals surface area contributed by atoms with E-state index in [4.69, 9.17) is 4.74 Å². The fraction of sp³-hybridized carbons (Fsp3) is 0.762. The van der Waals surface area contributed by atoms with Crippen LogP contribution in [-0.2, 0) is 19.1 Å². The summed E-state index contributed by atoms with van der Waals surface area (Å²) in [5.41, 5.74) is -2.08. The zero-order valence-electron chi connectivity index (χ0n) is 18.0. The fourth-order valence-corrected chi connectivity index (χ4v) is 5.18. The molecule has 3 fully saturated rings. The summed E-state index contributed by atoms with van der Waals surface area (Å²) in [4.78, 5) is 50.6. The minimum atomic E-state index is -0.991. The number of carbonyl (C=O) groups is 4. The molecule has 30 heavy (non-hydrogen) atoms. The second-order valence-corrected chi connectivity index (χ2v) is 10.1. The number of rotatable bonds is 6. The summed E-state index contributed by atoms with van der Waals surface area (Å²) in [5.74, 6) is -1.49. The molecule has 3 atom stereocenters. The van der Waals surface area contributed by atoms with Crippen LogP contribution in [0.15, 0.2) is 0 Å². The van der Waals surface area contributed by atoms with Crippen molar-refractivity contribution >= 4 is 23.8 Å². The molecule has 2 saturated carbocycles. The van der Waals surface area contributed by atoms with Crippen molar-refractivity contribution in [2.24, 2.45) is 17.3 Å². The molecule has 0 aromatic heterocycles. The molecule has 3 rings (SSSR count). The van der Waals surface area contributed by atoms with E-state index < -0.39 is 48.0 Å².